The van der Waals surface area contributed by atoms with Gasteiger partial charge < -0.3 is 28.7 Å². The summed E-state index contributed by atoms with van der Waals surface area (Å²) in [7, 11) is 0. The van der Waals surface area contributed by atoms with Crippen LogP contribution >= 0.6 is 0 Å². The van der Waals surface area contributed by atoms with Crippen molar-refractivity contribution < 1.29 is 0 Å². The summed E-state index contributed by atoms with van der Waals surface area (Å²) in [5.74, 6) is 1.14. The van der Waals surface area contributed by atoms with Crippen molar-refractivity contribution in [3.8, 4) is 0 Å². The van der Waals surface area contributed by atoms with Crippen LogP contribution in [0.3, 0.4) is 0 Å². The molecule has 0 aromatic rings. The lowest BCUT2D eigenvalue weighted by atomic mass is 9.79. The van der Waals surface area contributed by atoms with E-state index < -0.39 is 5.54 Å². The van der Waals surface area contributed by atoms with E-state index in [9.17, 15) is 0 Å². The van der Waals surface area contributed by atoms with Gasteiger partial charge in [0.25, 0.3) is 0 Å². The van der Waals surface area contributed by atoms with Gasteiger partial charge in [-0.15, -0.1) is 0 Å². The predicted octanol–water partition coefficient (Wildman–Crippen LogP) is -0.0341. The maximum Gasteiger partial charge on any atom is 0.0429 e. The molecule has 18 heavy (non-hydrogen) atoms. The Bertz CT molecular complexity index is 182. The molecule has 0 saturated carbocycles. The van der Waals surface area contributed by atoms with Crippen LogP contribution in [0, 0.1) is 11.8 Å². The first kappa shape index (κ1) is 20.1. The highest BCUT2D eigenvalue weighted by Crippen LogP contribution is 2.18. The normalized spacial score (nSPS) is 21.0. The third-order valence-electron chi connectivity index (χ3n) is 4.18. The van der Waals surface area contributed by atoms with Gasteiger partial charge in [-0.2, -0.15) is 0 Å². The molecule has 5 nitrogen and oxygen atoms in total. The van der Waals surface area contributed by atoms with Crippen LogP contribution in [0.4, 0.5) is 0 Å². The molecule has 4 atom stereocenters. The standard InChI is InChI=1S/C7H19N3.C6H16N2/c1-4-6(2,9)7(3,10)5-8;1-5(3-7)6(2)4-8/h4-5,8-10H2,1-3H3;5-6H,3-4,7-8H2,1-2H3. The molecule has 0 fully saturated rings. The van der Waals surface area contributed by atoms with Crippen LogP contribution in [-0.4, -0.2) is 30.7 Å². The molecule has 4 unspecified atom stereocenters. The number of nitrogens with two attached hydrogens (primary N) is 5. The lowest BCUT2D eigenvalue weighted by molar-refractivity contribution is 0.259. The Morgan fingerprint density at radius 2 is 1.17 bits per heavy atom. The summed E-state index contributed by atoms with van der Waals surface area (Å²) in [6.07, 6.45) is 0.844. The zero-order valence-electron chi connectivity index (χ0n) is 12.9. The number of rotatable bonds is 6. The van der Waals surface area contributed by atoms with Crippen molar-refractivity contribution in [2.75, 3.05) is 19.6 Å². The molecule has 10 N–H and O–H groups in total. The molecule has 0 aliphatic carbocycles. The van der Waals surface area contributed by atoms with Gasteiger partial charge >= 0.3 is 0 Å². The minimum atomic E-state index is -0.457. The van der Waals surface area contributed by atoms with Crippen LogP contribution in [0.5, 0.6) is 0 Å². The van der Waals surface area contributed by atoms with E-state index >= 15 is 0 Å². The van der Waals surface area contributed by atoms with Crippen molar-refractivity contribution in [1.82, 2.24) is 0 Å². The Balaban J connectivity index is 0. The van der Waals surface area contributed by atoms with Crippen molar-refractivity contribution in [2.24, 2.45) is 40.5 Å². The molecule has 112 valence electrons. The molecule has 0 rings (SSSR count). The number of hydrogen-bond acceptors (Lipinski definition) is 5. The maximum absolute atomic E-state index is 5.90. The van der Waals surface area contributed by atoms with Crippen molar-refractivity contribution >= 4 is 0 Å². The van der Waals surface area contributed by atoms with Crippen LogP contribution in [0.15, 0.2) is 0 Å². The molecule has 0 aliphatic rings. The van der Waals surface area contributed by atoms with E-state index in [0.29, 0.717) is 18.4 Å². The molecule has 0 radical (unpaired) electrons. The molecule has 0 amide bonds. The second-order valence-electron chi connectivity index (χ2n) is 5.82. The highest BCUT2D eigenvalue weighted by Gasteiger charge is 2.35. The minimum absolute atomic E-state index is 0.359. The van der Waals surface area contributed by atoms with Gasteiger partial charge in [-0.25, -0.2) is 0 Å². The van der Waals surface area contributed by atoms with Gasteiger partial charge in [0.15, 0.2) is 0 Å². The van der Waals surface area contributed by atoms with Gasteiger partial charge in [0.2, 0.25) is 0 Å². The summed E-state index contributed by atoms with van der Waals surface area (Å²) >= 11 is 0. The van der Waals surface area contributed by atoms with Crippen LogP contribution in [-0.2, 0) is 0 Å². The topological polar surface area (TPSA) is 130 Å². The van der Waals surface area contributed by atoms with Crippen molar-refractivity contribution in [3.63, 3.8) is 0 Å². The summed E-state index contributed by atoms with van der Waals surface area (Å²) in [5, 5.41) is 0. The van der Waals surface area contributed by atoms with Gasteiger partial charge in [-0.05, 0) is 45.2 Å². The molecule has 0 spiro atoms. The summed E-state index contributed by atoms with van der Waals surface area (Å²) in [6, 6.07) is 0. The smallest absolute Gasteiger partial charge is 0.0429 e. The van der Waals surface area contributed by atoms with E-state index in [1.54, 1.807) is 0 Å². The third kappa shape index (κ3) is 6.66. The van der Waals surface area contributed by atoms with Gasteiger partial charge in [0.05, 0.1) is 0 Å². The molecule has 0 bridgehead atoms. The Labute approximate surface area is 113 Å². The fourth-order valence-corrected chi connectivity index (χ4v) is 1.10. The number of hydrogen-bond donors (Lipinski definition) is 5. The zero-order valence-corrected chi connectivity index (χ0v) is 12.9. The first-order valence-electron chi connectivity index (χ1n) is 6.77. The quantitative estimate of drug-likeness (QED) is 0.458. The van der Waals surface area contributed by atoms with E-state index in [-0.39, 0.29) is 5.54 Å². The molecule has 0 aromatic carbocycles. The second kappa shape index (κ2) is 8.82. The molecule has 0 aromatic heterocycles. The summed E-state index contributed by atoms with van der Waals surface area (Å²) < 4.78 is 0. The van der Waals surface area contributed by atoms with Gasteiger partial charge in [-0.1, -0.05) is 20.8 Å². The lowest BCUT2D eigenvalue weighted by Crippen LogP contribution is -2.65. The average Bonchev–Trinajstić information content (AvgIpc) is 2.37. The Morgan fingerprint density at radius 1 is 0.833 bits per heavy atom. The van der Waals surface area contributed by atoms with Crippen LogP contribution in [0.2, 0.25) is 0 Å². The lowest BCUT2D eigenvalue weighted by Gasteiger charge is -2.39. The van der Waals surface area contributed by atoms with Crippen molar-refractivity contribution in [3.05, 3.63) is 0 Å². The van der Waals surface area contributed by atoms with Crippen LogP contribution in [0.1, 0.15) is 41.0 Å². The average molecular weight is 261 g/mol. The summed E-state index contributed by atoms with van der Waals surface area (Å²) in [6.45, 7) is 12.0. The molecular formula is C13H35N5. The highest BCUT2D eigenvalue weighted by molar-refractivity contribution is 5.01. The van der Waals surface area contributed by atoms with Crippen molar-refractivity contribution in [2.45, 2.75) is 52.1 Å². The molecular weight excluding hydrogens is 226 g/mol. The van der Waals surface area contributed by atoms with Crippen molar-refractivity contribution in [1.29, 1.82) is 0 Å². The predicted molar refractivity (Wildman–Crippen MR) is 81.0 cm³/mol. The summed E-state index contributed by atoms with van der Waals surface area (Å²) in [4.78, 5) is 0. The van der Waals surface area contributed by atoms with E-state index in [1.165, 1.54) is 0 Å². The molecule has 0 aliphatic heterocycles. The van der Waals surface area contributed by atoms with Gasteiger partial charge in [0.1, 0.15) is 0 Å². The molecule has 5 heteroatoms. The monoisotopic (exact) mass is 261 g/mol. The van der Waals surface area contributed by atoms with Gasteiger partial charge in [-0.3, -0.25) is 0 Å². The Kier molecular flexibility index (Phi) is 9.87. The largest absolute Gasteiger partial charge is 0.330 e. The minimum Gasteiger partial charge on any atom is -0.330 e. The molecule has 0 saturated heterocycles. The maximum atomic E-state index is 5.90. The molecule has 0 heterocycles. The third-order valence-corrected chi connectivity index (χ3v) is 4.18. The first-order valence-corrected chi connectivity index (χ1v) is 6.77. The SMILES string of the molecule is CC(CN)C(C)CN.CCC(C)(N)C(C)(N)CN. The van der Waals surface area contributed by atoms with E-state index in [1.807, 2.05) is 20.8 Å². The zero-order chi connectivity index (χ0) is 15.0. The Morgan fingerprint density at radius 3 is 1.28 bits per heavy atom. The fraction of sp³-hybridized carbons (Fsp3) is 1.00. The van der Waals surface area contributed by atoms with Gasteiger partial charge in [0, 0.05) is 17.6 Å². The fourth-order valence-electron chi connectivity index (χ4n) is 1.10. The highest BCUT2D eigenvalue weighted by atomic mass is 14.9. The first-order chi connectivity index (χ1) is 8.09. The summed E-state index contributed by atoms with van der Waals surface area (Å²) in [5.41, 5.74) is 27.2. The van der Waals surface area contributed by atoms with E-state index in [4.69, 9.17) is 28.7 Å². The van der Waals surface area contributed by atoms with Crippen LogP contribution < -0.4 is 28.7 Å². The van der Waals surface area contributed by atoms with E-state index in [0.717, 1.165) is 19.5 Å². The van der Waals surface area contributed by atoms with E-state index in [2.05, 4.69) is 13.8 Å². The van der Waals surface area contributed by atoms with Crippen LogP contribution in [0.25, 0.3) is 0 Å². The Hall–Kier alpha value is -0.200. The second-order valence-corrected chi connectivity index (χ2v) is 5.82.